The average Bonchev–Trinajstić information content (AvgIpc) is 2.53. The van der Waals surface area contributed by atoms with E-state index in [0.717, 1.165) is 4.47 Å². The van der Waals surface area contributed by atoms with Gasteiger partial charge in [-0.25, -0.2) is 17.9 Å². The smallest absolute Gasteiger partial charge is 0.328 e. The number of benzene rings is 1. The zero-order chi connectivity index (χ0) is 19.0. The van der Waals surface area contributed by atoms with Gasteiger partial charge in [0, 0.05) is 17.4 Å². The number of rotatable bonds is 9. The van der Waals surface area contributed by atoms with Crippen LogP contribution in [-0.4, -0.2) is 40.0 Å². The normalized spacial score (nSPS) is 12.7. The summed E-state index contributed by atoms with van der Waals surface area (Å²) in [6.45, 7) is 3.78. The maximum Gasteiger partial charge on any atom is 0.328 e. The molecule has 0 fully saturated rings. The predicted octanol–water partition coefficient (Wildman–Crippen LogP) is 1.82. The number of ether oxygens (including phenoxy) is 1. The molecule has 0 bridgehead atoms. The van der Waals surface area contributed by atoms with E-state index in [1.165, 1.54) is 19.2 Å². The molecule has 0 radical (unpaired) electrons. The van der Waals surface area contributed by atoms with Gasteiger partial charge >= 0.3 is 5.97 Å². The molecule has 0 aliphatic carbocycles. The van der Waals surface area contributed by atoms with E-state index in [9.17, 15) is 18.0 Å². The highest BCUT2D eigenvalue weighted by molar-refractivity contribution is 9.10. The first-order valence-electron chi connectivity index (χ1n) is 7.78. The van der Waals surface area contributed by atoms with Crippen molar-refractivity contribution < 1.29 is 22.7 Å². The third-order valence-corrected chi connectivity index (χ3v) is 5.30. The summed E-state index contributed by atoms with van der Waals surface area (Å²) in [5.41, 5.74) is 0. The first-order chi connectivity index (χ1) is 11.7. The van der Waals surface area contributed by atoms with Crippen molar-refractivity contribution in [2.24, 2.45) is 5.92 Å². The fraction of sp³-hybridized carbons (Fsp3) is 0.500. The molecule has 0 saturated heterocycles. The van der Waals surface area contributed by atoms with E-state index in [0.29, 0.717) is 6.42 Å². The van der Waals surface area contributed by atoms with Gasteiger partial charge in [0.25, 0.3) is 0 Å². The molecule has 7 nitrogen and oxygen atoms in total. The fourth-order valence-corrected chi connectivity index (χ4v) is 3.39. The standard InChI is InChI=1S/C16H23BrN2O5S/c1-11(2)10-14(16(21)24-3)19-15(20)8-9-18-25(22,23)13-6-4-12(17)5-7-13/h4-7,11,14,18H,8-10H2,1-3H3,(H,19,20)/t14-/m0/s1. The Morgan fingerprint density at radius 2 is 1.80 bits per heavy atom. The van der Waals surface area contributed by atoms with Gasteiger partial charge < -0.3 is 10.1 Å². The van der Waals surface area contributed by atoms with Gasteiger partial charge in [-0.15, -0.1) is 0 Å². The second-order valence-corrected chi connectivity index (χ2v) is 8.56. The Morgan fingerprint density at radius 3 is 2.32 bits per heavy atom. The maximum atomic E-state index is 12.1. The molecule has 0 aliphatic rings. The summed E-state index contributed by atoms with van der Waals surface area (Å²) in [5, 5.41) is 2.58. The van der Waals surface area contributed by atoms with Crippen LogP contribution in [0.3, 0.4) is 0 Å². The Bertz CT molecular complexity index is 689. The van der Waals surface area contributed by atoms with Gasteiger partial charge in [-0.3, -0.25) is 4.79 Å². The number of methoxy groups -OCH3 is 1. The molecule has 0 spiro atoms. The van der Waals surface area contributed by atoms with Crippen LogP contribution in [0.2, 0.25) is 0 Å². The minimum atomic E-state index is -3.68. The first-order valence-corrected chi connectivity index (χ1v) is 10.1. The second kappa shape index (κ2) is 9.88. The lowest BCUT2D eigenvalue weighted by Gasteiger charge is -2.18. The molecular formula is C16H23BrN2O5S. The Labute approximate surface area is 156 Å². The molecule has 1 amide bonds. The van der Waals surface area contributed by atoms with Crippen LogP contribution in [0.5, 0.6) is 0 Å². The number of hydrogen-bond donors (Lipinski definition) is 2. The molecule has 2 N–H and O–H groups in total. The zero-order valence-electron chi connectivity index (χ0n) is 14.4. The number of nitrogens with one attached hydrogen (secondary N) is 2. The molecule has 140 valence electrons. The van der Waals surface area contributed by atoms with Gasteiger partial charge in [-0.1, -0.05) is 29.8 Å². The minimum absolute atomic E-state index is 0.0696. The largest absolute Gasteiger partial charge is 0.467 e. The summed E-state index contributed by atoms with van der Waals surface area (Å²) < 4.78 is 32.0. The monoisotopic (exact) mass is 434 g/mol. The van der Waals surface area contributed by atoms with Crippen molar-refractivity contribution in [2.75, 3.05) is 13.7 Å². The molecule has 0 unspecified atom stereocenters. The van der Waals surface area contributed by atoms with Crippen molar-refractivity contribution in [3.63, 3.8) is 0 Å². The number of carbonyl (C=O) groups is 2. The summed E-state index contributed by atoms with van der Waals surface area (Å²) >= 11 is 3.24. The van der Waals surface area contributed by atoms with E-state index in [2.05, 4.69) is 30.7 Å². The SMILES string of the molecule is COC(=O)[C@H](CC(C)C)NC(=O)CCNS(=O)(=O)c1ccc(Br)cc1. The van der Waals surface area contributed by atoms with E-state index in [4.69, 9.17) is 0 Å². The topological polar surface area (TPSA) is 102 Å². The number of halogens is 1. The number of hydrogen-bond acceptors (Lipinski definition) is 5. The summed E-state index contributed by atoms with van der Waals surface area (Å²) in [6.07, 6.45) is 0.365. The third kappa shape index (κ3) is 7.54. The van der Waals surface area contributed by atoms with E-state index >= 15 is 0 Å². The van der Waals surface area contributed by atoms with Crippen LogP contribution >= 0.6 is 15.9 Å². The predicted molar refractivity (Wildman–Crippen MR) is 97.3 cm³/mol. The molecule has 1 aromatic rings. The summed E-state index contributed by atoms with van der Waals surface area (Å²) in [6, 6.07) is 5.42. The van der Waals surface area contributed by atoms with Crippen LogP contribution in [-0.2, 0) is 24.3 Å². The molecule has 0 saturated carbocycles. The Hall–Kier alpha value is -1.45. The Balaban J connectivity index is 2.55. The number of esters is 1. The number of amides is 1. The highest BCUT2D eigenvalue weighted by atomic mass is 79.9. The van der Waals surface area contributed by atoms with Crippen LogP contribution in [0.1, 0.15) is 26.7 Å². The number of carbonyl (C=O) groups excluding carboxylic acids is 2. The molecule has 25 heavy (non-hydrogen) atoms. The van der Waals surface area contributed by atoms with Crippen molar-refractivity contribution in [3.05, 3.63) is 28.7 Å². The van der Waals surface area contributed by atoms with Crippen molar-refractivity contribution in [1.82, 2.24) is 10.0 Å². The third-order valence-electron chi connectivity index (χ3n) is 3.30. The van der Waals surface area contributed by atoms with E-state index in [1.54, 1.807) is 12.1 Å². The van der Waals surface area contributed by atoms with Crippen LogP contribution in [0.15, 0.2) is 33.6 Å². The van der Waals surface area contributed by atoms with Gasteiger partial charge in [0.2, 0.25) is 15.9 Å². The lowest BCUT2D eigenvalue weighted by molar-refractivity contribution is -0.145. The zero-order valence-corrected chi connectivity index (χ0v) is 16.8. The van der Waals surface area contributed by atoms with E-state index in [-0.39, 0.29) is 23.8 Å². The summed E-state index contributed by atoms with van der Waals surface area (Å²) in [7, 11) is -2.43. The minimum Gasteiger partial charge on any atom is -0.467 e. The highest BCUT2D eigenvalue weighted by Gasteiger charge is 2.22. The van der Waals surface area contributed by atoms with Crippen molar-refractivity contribution in [3.8, 4) is 0 Å². The van der Waals surface area contributed by atoms with Crippen LogP contribution in [0.25, 0.3) is 0 Å². The molecule has 0 aliphatic heterocycles. The van der Waals surface area contributed by atoms with Crippen molar-refractivity contribution in [1.29, 1.82) is 0 Å². The Morgan fingerprint density at radius 1 is 1.20 bits per heavy atom. The van der Waals surface area contributed by atoms with Crippen LogP contribution in [0, 0.1) is 5.92 Å². The van der Waals surface area contributed by atoms with Gasteiger partial charge in [-0.05, 0) is 36.6 Å². The van der Waals surface area contributed by atoms with Gasteiger partial charge in [0.15, 0.2) is 0 Å². The van der Waals surface area contributed by atoms with E-state index < -0.39 is 27.9 Å². The lowest BCUT2D eigenvalue weighted by Crippen LogP contribution is -2.43. The quantitative estimate of drug-likeness (QED) is 0.577. The van der Waals surface area contributed by atoms with Crippen LogP contribution in [0.4, 0.5) is 0 Å². The van der Waals surface area contributed by atoms with Gasteiger partial charge in [0.05, 0.1) is 12.0 Å². The van der Waals surface area contributed by atoms with Gasteiger partial charge in [0.1, 0.15) is 6.04 Å². The second-order valence-electron chi connectivity index (χ2n) is 5.87. The Kier molecular flexibility index (Phi) is 8.54. The molecule has 0 heterocycles. The number of sulfonamides is 1. The van der Waals surface area contributed by atoms with Crippen LogP contribution < -0.4 is 10.0 Å². The molecule has 9 heteroatoms. The summed E-state index contributed by atoms with van der Waals surface area (Å²) in [5.74, 6) is -0.743. The summed E-state index contributed by atoms with van der Waals surface area (Å²) in [4.78, 5) is 23.8. The molecule has 1 aromatic carbocycles. The van der Waals surface area contributed by atoms with Crippen molar-refractivity contribution >= 4 is 37.8 Å². The van der Waals surface area contributed by atoms with E-state index in [1.807, 2.05) is 13.8 Å². The molecular weight excluding hydrogens is 412 g/mol. The first kappa shape index (κ1) is 21.6. The molecule has 1 rings (SSSR count). The maximum absolute atomic E-state index is 12.1. The average molecular weight is 435 g/mol. The highest BCUT2D eigenvalue weighted by Crippen LogP contribution is 2.14. The van der Waals surface area contributed by atoms with Crippen molar-refractivity contribution in [2.45, 2.75) is 37.6 Å². The molecule has 1 atom stereocenters. The van der Waals surface area contributed by atoms with Gasteiger partial charge in [-0.2, -0.15) is 0 Å². The lowest BCUT2D eigenvalue weighted by atomic mass is 10.0. The molecule has 0 aromatic heterocycles. The fourth-order valence-electron chi connectivity index (χ4n) is 2.09.